The van der Waals surface area contributed by atoms with Crippen molar-refractivity contribution < 1.29 is 17.9 Å². The summed E-state index contributed by atoms with van der Waals surface area (Å²) in [6, 6.07) is 13.8. The molecule has 2 heterocycles. The van der Waals surface area contributed by atoms with E-state index in [2.05, 4.69) is 10.2 Å². The van der Waals surface area contributed by atoms with Gasteiger partial charge in [-0.25, -0.2) is 8.42 Å². The number of likely N-dealkylation sites (N-methyl/N-ethyl adjacent to an activating group) is 1. The van der Waals surface area contributed by atoms with Crippen molar-refractivity contribution in [1.29, 1.82) is 0 Å². The van der Waals surface area contributed by atoms with Crippen LogP contribution in [0.1, 0.15) is 42.2 Å². The fraction of sp³-hybridized carbons (Fsp3) is 0.435. The van der Waals surface area contributed by atoms with E-state index in [1.807, 2.05) is 45.2 Å². The third-order valence-corrected chi connectivity index (χ3v) is 7.77. The maximum atomic E-state index is 13.1. The minimum Gasteiger partial charge on any atom is -0.487 e. The Morgan fingerprint density at radius 1 is 1.06 bits per heavy atom. The van der Waals surface area contributed by atoms with E-state index in [4.69, 9.17) is 4.74 Å². The van der Waals surface area contributed by atoms with Gasteiger partial charge in [0.15, 0.2) is 0 Å². The average molecular weight is 444 g/mol. The third-order valence-electron chi connectivity index (χ3n) is 5.88. The van der Waals surface area contributed by atoms with Crippen molar-refractivity contribution in [2.24, 2.45) is 0 Å². The number of fused-ring (bicyclic) bond motifs is 1. The summed E-state index contributed by atoms with van der Waals surface area (Å²) < 4.78 is 33.7. The summed E-state index contributed by atoms with van der Waals surface area (Å²) in [5.41, 5.74) is 0.840. The molecule has 0 bridgehead atoms. The second-order valence-corrected chi connectivity index (χ2v) is 10.8. The van der Waals surface area contributed by atoms with Gasteiger partial charge in [0.25, 0.3) is 5.91 Å². The molecule has 0 aromatic heterocycles. The Bertz CT molecular complexity index is 1080. The highest BCUT2D eigenvalue weighted by Crippen LogP contribution is 2.39. The first-order valence-electron chi connectivity index (χ1n) is 10.5. The predicted octanol–water partition coefficient (Wildman–Crippen LogP) is 2.65. The van der Waals surface area contributed by atoms with E-state index >= 15 is 0 Å². The number of para-hydroxylation sites is 1. The predicted molar refractivity (Wildman–Crippen MR) is 119 cm³/mol. The van der Waals surface area contributed by atoms with Gasteiger partial charge in [-0.1, -0.05) is 24.3 Å². The number of ether oxygens (including phenoxy) is 1. The first kappa shape index (κ1) is 21.8. The molecular weight excluding hydrogens is 414 g/mol. The molecule has 2 aromatic carbocycles. The van der Waals surface area contributed by atoms with Crippen molar-refractivity contribution in [2.45, 2.75) is 36.8 Å². The fourth-order valence-corrected chi connectivity index (χ4v) is 5.62. The van der Waals surface area contributed by atoms with Crippen LogP contribution in [0.3, 0.4) is 0 Å². The largest absolute Gasteiger partial charge is 0.487 e. The smallest absolute Gasteiger partial charge is 0.251 e. The monoisotopic (exact) mass is 443 g/mol. The number of hydrogen-bond acceptors (Lipinski definition) is 5. The van der Waals surface area contributed by atoms with Crippen molar-refractivity contribution in [3.8, 4) is 5.75 Å². The highest BCUT2D eigenvalue weighted by Gasteiger charge is 2.35. The second-order valence-electron chi connectivity index (χ2n) is 8.86. The van der Waals surface area contributed by atoms with Crippen LogP contribution in [0.4, 0.5) is 0 Å². The van der Waals surface area contributed by atoms with Crippen LogP contribution in [0, 0.1) is 0 Å². The standard InChI is InChI=1S/C23H29N3O4S/c1-23(2)16-20(19-9-4-5-10-21(19)30-23)24-22(27)17-7-6-8-18(15-17)31(28,29)26-13-11-25(3)12-14-26/h4-10,15,20H,11-14,16H2,1-3H3,(H,24,27)/t20-/m1/s1. The number of nitrogens with one attached hydrogen (secondary N) is 1. The van der Waals surface area contributed by atoms with E-state index in [0.717, 1.165) is 11.3 Å². The van der Waals surface area contributed by atoms with Gasteiger partial charge in [-0.2, -0.15) is 4.31 Å². The molecule has 1 atom stereocenters. The molecular formula is C23H29N3O4S. The maximum Gasteiger partial charge on any atom is 0.251 e. The molecule has 1 amide bonds. The number of piperazine rings is 1. The number of amides is 1. The SMILES string of the molecule is CN1CCN(S(=O)(=O)c2cccc(C(=O)N[C@@H]3CC(C)(C)Oc4ccccc43)c2)CC1. The van der Waals surface area contributed by atoms with Gasteiger partial charge in [0, 0.05) is 43.7 Å². The number of rotatable bonds is 4. The van der Waals surface area contributed by atoms with Crippen molar-refractivity contribution in [3.05, 3.63) is 59.7 Å². The highest BCUT2D eigenvalue weighted by molar-refractivity contribution is 7.89. The lowest BCUT2D eigenvalue weighted by Gasteiger charge is -2.37. The average Bonchev–Trinajstić information content (AvgIpc) is 2.73. The normalized spacial score (nSPS) is 21.7. The van der Waals surface area contributed by atoms with Crippen LogP contribution in [-0.2, 0) is 10.0 Å². The Balaban J connectivity index is 1.55. The van der Waals surface area contributed by atoms with E-state index in [9.17, 15) is 13.2 Å². The van der Waals surface area contributed by atoms with Gasteiger partial charge >= 0.3 is 0 Å². The minimum atomic E-state index is -3.64. The molecule has 31 heavy (non-hydrogen) atoms. The number of carbonyl (C=O) groups is 1. The lowest BCUT2D eigenvalue weighted by atomic mass is 9.89. The fourth-order valence-electron chi connectivity index (χ4n) is 4.15. The zero-order chi connectivity index (χ0) is 22.2. The van der Waals surface area contributed by atoms with Gasteiger partial charge in [0.05, 0.1) is 10.9 Å². The molecule has 4 rings (SSSR count). The molecule has 2 aromatic rings. The molecule has 7 nitrogen and oxygen atoms in total. The zero-order valence-corrected chi connectivity index (χ0v) is 19.0. The van der Waals surface area contributed by atoms with Gasteiger partial charge in [-0.05, 0) is 45.2 Å². The first-order chi connectivity index (χ1) is 14.7. The number of nitrogens with zero attached hydrogens (tertiary/aromatic N) is 2. The molecule has 1 saturated heterocycles. The number of hydrogen-bond donors (Lipinski definition) is 1. The quantitative estimate of drug-likeness (QED) is 0.786. The van der Waals surface area contributed by atoms with E-state index in [1.54, 1.807) is 18.2 Å². The van der Waals surface area contributed by atoms with Crippen LogP contribution in [0.15, 0.2) is 53.4 Å². The molecule has 0 aliphatic carbocycles. The summed E-state index contributed by atoms with van der Waals surface area (Å²) >= 11 is 0. The van der Waals surface area contributed by atoms with Crippen molar-refractivity contribution in [1.82, 2.24) is 14.5 Å². The number of benzene rings is 2. The van der Waals surface area contributed by atoms with Crippen LogP contribution in [0.25, 0.3) is 0 Å². The lowest BCUT2D eigenvalue weighted by Crippen LogP contribution is -2.47. The Morgan fingerprint density at radius 3 is 2.52 bits per heavy atom. The van der Waals surface area contributed by atoms with Gasteiger partial charge in [0.2, 0.25) is 10.0 Å². The molecule has 2 aliphatic heterocycles. The van der Waals surface area contributed by atoms with Crippen LogP contribution >= 0.6 is 0 Å². The van der Waals surface area contributed by atoms with E-state index < -0.39 is 15.6 Å². The zero-order valence-electron chi connectivity index (χ0n) is 18.2. The summed E-state index contributed by atoms with van der Waals surface area (Å²) in [5, 5.41) is 3.08. The Labute approximate surface area is 184 Å². The second kappa shape index (κ2) is 8.26. The molecule has 0 spiro atoms. The van der Waals surface area contributed by atoms with Gasteiger partial charge < -0.3 is 15.0 Å². The Kier molecular flexibility index (Phi) is 5.81. The highest BCUT2D eigenvalue weighted by atomic mass is 32.2. The van der Waals surface area contributed by atoms with Crippen LogP contribution in [0.2, 0.25) is 0 Å². The molecule has 0 radical (unpaired) electrons. The van der Waals surface area contributed by atoms with Crippen molar-refractivity contribution in [2.75, 3.05) is 33.2 Å². The summed E-state index contributed by atoms with van der Waals surface area (Å²) in [5.74, 6) is 0.461. The van der Waals surface area contributed by atoms with E-state index in [1.165, 1.54) is 10.4 Å². The maximum absolute atomic E-state index is 13.1. The Morgan fingerprint density at radius 2 is 1.77 bits per heavy atom. The first-order valence-corrected chi connectivity index (χ1v) is 12.0. The van der Waals surface area contributed by atoms with E-state index in [-0.39, 0.29) is 16.8 Å². The Hall–Kier alpha value is -2.42. The molecule has 166 valence electrons. The van der Waals surface area contributed by atoms with Gasteiger partial charge in [-0.3, -0.25) is 4.79 Å². The van der Waals surface area contributed by atoms with Crippen molar-refractivity contribution >= 4 is 15.9 Å². The molecule has 8 heteroatoms. The molecule has 1 fully saturated rings. The van der Waals surface area contributed by atoms with Crippen LogP contribution < -0.4 is 10.1 Å². The van der Waals surface area contributed by atoms with Crippen molar-refractivity contribution in [3.63, 3.8) is 0 Å². The lowest BCUT2D eigenvalue weighted by molar-refractivity contribution is 0.0619. The van der Waals surface area contributed by atoms with Gasteiger partial charge in [0.1, 0.15) is 11.4 Å². The van der Waals surface area contributed by atoms with Gasteiger partial charge in [-0.15, -0.1) is 0 Å². The number of carbonyl (C=O) groups excluding carboxylic acids is 1. The summed E-state index contributed by atoms with van der Waals surface area (Å²) in [4.78, 5) is 15.3. The summed E-state index contributed by atoms with van der Waals surface area (Å²) in [6.45, 7) is 6.26. The minimum absolute atomic E-state index is 0.150. The molecule has 2 aliphatic rings. The van der Waals surface area contributed by atoms with Crippen LogP contribution in [-0.4, -0.2) is 62.4 Å². The number of sulfonamides is 1. The third kappa shape index (κ3) is 4.61. The topological polar surface area (TPSA) is 79.0 Å². The van der Waals surface area contributed by atoms with Crippen LogP contribution in [0.5, 0.6) is 5.75 Å². The molecule has 1 N–H and O–H groups in total. The molecule has 0 unspecified atom stereocenters. The molecule has 0 saturated carbocycles. The summed E-state index contributed by atoms with van der Waals surface area (Å²) in [7, 11) is -1.66. The summed E-state index contributed by atoms with van der Waals surface area (Å²) in [6.07, 6.45) is 0.620. The van der Waals surface area contributed by atoms with E-state index in [0.29, 0.717) is 38.2 Å².